The quantitative estimate of drug-likeness (QED) is 0.691. The van der Waals surface area contributed by atoms with E-state index < -0.39 is 0 Å². The summed E-state index contributed by atoms with van der Waals surface area (Å²) in [5, 5.41) is 1.23. The zero-order chi connectivity index (χ0) is 17.4. The molecule has 0 spiro atoms. The van der Waals surface area contributed by atoms with Gasteiger partial charge < -0.3 is 9.88 Å². The van der Waals surface area contributed by atoms with Crippen LogP contribution >= 0.6 is 0 Å². The molecule has 3 heteroatoms. The second kappa shape index (κ2) is 6.40. The van der Waals surface area contributed by atoms with E-state index in [0.717, 1.165) is 24.1 Å². The number of para-hydroxylation sites is 1. The number of fused-ring (bicyclic) bond motifs is 1. The van der Waals surface area contributed by atoms with Gasteiger partial charge in [0, 0.05) is 28.9 Å². The van der Waals surface area contributed by atoms with E-state index in [1.54, 1.807) is 0 Å². The first-order valence-corrected chi connectivity index (χ1v) is 9.18. The molecule has 1 saturated heterocycles. The zero-order valence-corrected chi connectivity index (χ0v) is 14.8. The van der Waals surface area contributed by atoms with E-state index in [1.165, 1.54) is 16.5 Å². The highest BCUT2D eigenvalue weighted by Crippen LogP contribution is 2.43. The molecular formula is C22H24N2O. The van der Waals surface area contributed by atoms with E-state index in [2.05, 4.69) is 72.3 Å². The lowest BCUT2D eigenvalue weighted by atomic mass is 9.96. The van der Waals surface area contributed by atoms with Crippen molar-refractivity contribution >= 4 is 16.8 Å². The highest BCUT2D eigenvalue weighted by atomic mass is 16.2. The van der Waals surface area contributed by atoms with Crippen LogP contribution in [-0.2, 0) is 4.79 Å². The van der Waals surface area contributed by atoms with Crippen molar-refractivity contribution < 1.29 is 4.79 Å². The van der Waals surface area contributed by atoms with Crippen LogP contribution in [0, 0.1) is 0 Å². The molecule has 3 nitrogen and oxygen atoms in total. The van der Waals surface area contributed by atoms with Gasteiger partial charge in [-0.05, 0) is 31.4 Å². The number of nitrogens with zero attached hydrogens (tertiary/aromatic N) is 1. The molecule has 128 valence electrons. The van der Waals surface area contributed by atoms with Gasteiger partial charge in [-0.2, -0.15) is 0 Å². The van der Waals surface area contributed by atoms with Crippen molar-refractivity contribution in [2.75, 3.05) is 0 Å². The molecule has 1 aromatic heterocycles. The molecule has 0 aliphatic carbocycles. The maximum absolute atomic E-state index is 12.6. The van der Waals surface area contributed by atoms with Crippen molar-refractivity contribution in [1.82, 2.24) is 9.88 Å². The molecule has 0 bridgehead atoms. The number of aromatic amines is 1. The summed E-state index contributed by atoms with van der Waals surface area (Å²) < 4.78 is 0. The van der Waals surface area contributed by atoms with Gasteiger partial charge in [0.1, 0.15) is 0 Å². The maximum atomic E-state index is 12.6. The standard InChI is InChI=1S/C22H24N2O/c1-3-15(2)24-19(13-14-20(24)25)21-17-11-7-8-12-18(17)23-22(21)16-9-5-4-6-10-16/h4-12,15,19,23H,3,13-14H2,1-2H3/t15-,19+/m0/s1. The van der Waals surface area contributed by atoms with E-state index in [-0.39, 0.29) is 18.0 Å². The second-order valence-corrected chi connectivity index (χ2v) is 6.94. The SMILES string of the molecule is CC[C@H](C)N1C(=O)CC[C@@H]1c1c(-c2ccccc2)[nH]c2ccccc12. The van der Waals surface area contributed by atoms with E-state index in [4.69, 9.17) is 0 Å². The third-order valence-corrected chi connectivity index (χ3v) is 5.46. The van der Waals surface area contributed by atoms with E-state index in [0.29, 0.717) is 6.42 Å². The summed E-state index contributed by atoms with van der Waals surface area (Å²) in [7, 11) is 0. The minimum absolute atomic E-state index is 0.147. The Morgan fingerprint density at radius 2 is 1.84 bits per heavy atom. The van der Waals surface area contributed by atoms with Crippen LogP contribution in [-0.4, -0.2) is 21.8 Å². The number of rotatable bonds is 4. The van der Waals surface area contributed by atoms with E-state index in [9.17, 15) is 4.79 Å². The van der Waals surface area contributed by atoms with Gasteiger partial charge in [0.2, 0.25) is 5.91 Å². The van der Waals surface area contributed by atoms with Crippen LogP contribution in [0.15, 0.2) is 54.6 Å². The Hall–Kier alpha value is -2.55. The average molecular weight is 332 g/mol. The average Bonchev–Trinajstić information content (AvgIpc) is 3.22. The number of H-pyrrole nitrogens is 1. The van der Waals surface area contributed by atoms with Gasteiger partial charge in [0.15, 0.2) is 0 Å². The number of likely N-dealkylation sites (tertiary alicyclic amines) is 1. The van der Waals surface area contributed by atoms with Crippen LogP contribution in [0.5, 0.6) is 0 Å². The molecule has 1 fully saturated rings. The van der Waals surface area contributed by atoms with Crippen LogP contribution in [0.25, 0.3) is 22.2 Å². The predicted octanol–water partition coefficient (Wildman–Crippen LogP) is 5.30. The number of aromatic nitrogens is 1. The van der Waals surface area contributed by atoms with Crippen LogP contribution < -0.4 is 0 Å². The first-order valence-electron chi connectivity index (χ1n) is 9.18. The Labute approximate surface area is 148 Å². The summed E-state index contributed by atoms with van der Waals surface area (Å²) in [6.45, 7) is 4.31. The Balaban J connectivity index is 1.92. The lowest BCUT2D eigenvalue weighted by Gasteiger charge is -2.31. The van der Waals surface area contributed by atoms with Gasteiger partial charge >= 0.3 is 0 Å². The summed E-state index contributed by atoms with van der Waals surface area (Å²) in [5.41, 5.74) is 4.74. The molecule has 1 aliphatic rings. The summed E-state index contributed by atoms with van der Waals surface area (Å²) in [4.78, 5) is 18.3. The Bertz CT molecular complexity index is 897. The highest BCUT2D eigenvalue weighted by Gasteiger charge is 2.37. The molecule has 4 rings (SSSR count). The minimum atomic E-state index is 0.147. The number of carbonyl (C=O) groups is 1. The number of benzene rings is 2. The molecule has 1 amide bonds. The number of carbonyl (C=O) groups excluding carboxylic acids is 1. The van der Waals surface area contributed by atoms with Crippen LogP contribution in [0.1, 0.15) is 44.7 Å². The topological polar surface area (TPSA) is 36.1 Å². The molecule has 3 aromatic rings. The van der Waals surface area contributed by atoms with Crippen molar-refractivity contribution in [2.24, 2.45) is 0 Å². The summed E-state index contributed by atoms with van der Waals surface area (Å²) in [6, 6.07) is 19.3. The molecule has 0 radical (unpaired) electrons. The van der Waals surface area contributed by atoms with Crippen molar-refractivity contribution in [3.63, 3.8) is 0 Å². The van der Waals surface area contributed by atoms with Crippen LogP contribution in [0.4, 0.5) is 0 Å². The Morgan fingerprint density at radius 1 is 1.12 bits per heavy atom. The fourth-order valence-corrected chi connectivity index (χ4v) is 4.08. The molecule has 0 unspecified atom stereocenters. The van der Waals surface area contributed by atoms with Crippen molar-refractivity contribution in [3.05, 3.63) is 60.2 Å². The number of amides is 1. The summed E-state index contributed by atoms with van der Waals surface area (Å²) in [6.07, 6.45) is 2.51. The van der Waals surface area contributed by atoms with Gasteiger partial charge in [-0.3, -0.25) is 4.79 Å². The molecule has 25 heavy (non-hydrogen) atoms. The van der Waals surface area contributed by atoms with Crippen LogP contribution in [0.3, 0.4) is 0 Å². The molecule has 1 aliphatic heterocycles. The van der Waals surface area contributed by atoms with Gasteiger partial charge in [0.05, 0.1) is 11.7 Å². The zero-order valence-electron chi connectivity index (χ0n) is 14.8. The fourth-order valence-electron chi connectivity index (χ4n) is 4.08. The lowest BCUT2D eigenvalue weighted by molar-refractivity contribution is -0.131. The maximum Gasteiger partial charge on any atom is 0.223 e. The molecule has 2 aromatic carbocycles. The number of hydrogen-bond acceptors (Lipinski definition) is 1. The fraction of sp³-hybridized carbons (Fsp3) is 0.318. The number of hydrogen-bond donors (Lipinski definition) is 1. The molecule has 2 atom stereocenters. The Kier molecular flexibility index (Phi) is 4.08. The predicted molar refractivity (Wildman–Crippen MR) is 102 cm³/mol. The number of nitrogens with one attached hydrogen (secondary N) is 1. The van der Waals surface area contributed by atoms with Gasteiger partial charge in [-0.25, -0.2) is 0 Å². The summed E-state index contributed by atoms with van der Waals surface area (Å²) in [5.74, 6) is 0.281. The third-order valence-electron chi connectivity index (χ3n) is 5.46. The monoisotopic (exact) mass is 332 g/mol. The van der Waals surface area contributed by atoms with Gasteiger partial charge in [-0.15, -0.1) is 0 Å². The highest BCUT2D eigenvalue weighted by molar-refractivity contribution is 5.92. The molecular weight excluding hydrogens is 308 g/mol. The Morgan fingerprint density at radius 3 is 2.60 bits per heavy atom. The van der Waals surface area contributed by atoms with Crippen molar-refractivity contribution in [3.8, 4) is 11.3 Å². The molecule has 0 saturated carbocycles. The van der Waals surface area contributed by atoms with E-state index in [1.807, 2.05) is 6.07 Å². The largest absolute Gasteiger partial charge is 0.354 e. The lowest BCUT2D eigenvalue weighted by Crippen LogP contribution is -2.35. The van der Waals surface area contributed by atoms with Crippen LogP contribution in [0.2, 0.25) is 0 Å². The van der Waals surface area contributed by atoms with Crippen molar-refractivity contribution in [1.29, 1.82) is 0 Å². The summed E-state index contributed by atoms with van der Waals surface area (Å²) >= 11 is 0. The van der Waals surface area contributed by atoms with Gasteiger partial charge in [0.25, 0.3) is 0 Å². The smallest absolute Gasteiger partial charge is 0.223 e. The second-order valence-electron chi connectivity index (χ2n) is 6.94. The van der Waals surface area contributed by atoms with Gasteiger partial charge in [-0.1, -0.05) is 55.5 Å². The molecule has 1 N–H and O–H groups in total. The third kappa shape index (κ3) is 2.64. The normalized spacial score (nSPS) is 18.9. The minimum Gasteiger partial charge on any atom is -0.354 e. The van der Waals surface area contributed by atoms with E-state index >= 15 is 0 Å². The first-order chi connectivity index (χ1) is 12.2. The van der Waals surface area contributed by atoms with Crippen molar-refractivity contribution in [2.45, 2.75) is 45.2 Å². The first kappa shape index (κ1) is 15.9. The molecule has 2 heterocycles.